The van der Waals surface area contributed by atoms with Crippen LogP contribution in [0, 0.1) is 5.82 Å². The smallest absolute Gasteiger partial charge is 0.123 e. The van der Waals surface area contributed by atoms with Gasteiger partial charge in [0.25, 0.3) is 0 Å². The normalized spacial score (nSPS) is 15.8. The number of hydrogen-bond donors (Lipinski definition) is 0. The summed E-state index contributed by atoms with van der Waals surface area (Å²) in [7, 11) is 0. The van der Waals surface area contributed by atoms with Gasteiger partial charge >= 0.3 is 0 Å². The summed E-state index contributed by atoms with van der Waals surface area (Å²) in [6, 6.07) is 15.8. The van der Waals surface area contributed by atoms with E-state index in [1.807, 2.05) is 12.1 Å². The minimum Gasteiger partial charge on any atom is -0.303 e. The quantitative estimate of drug-likeness (QED) is 0.577. The molecule has 0 bridgehead atoms. The Labute approximate surface area is 167 Å². The maximum Gasteiger partial charge on any atom is 0.123 e. The van der Waals surface area contributed by atoms with Gasteiger partial charge in [0.15, 0.2) is 0 Å². The van der Waals surface area contributed by atoms with E-state index in [9.17, 15) is 4.39 Å². The van der Waals surface area contributed by atoms with E-state index in [-0.39, 0.29) is 18.2 Å². The summed E-state index contributed by atoms with van der Waals surface area (Å²) in [5.41, 5.74) is 2.70. The molecule has 2 aromatic carbocycles. The predicted octanol–water partition coefficient (Wildman–Crippen LogP) is 6.17. The molecule has 0 N–H and O–H groups in total. The topological polar surface area (TPSA) is 3.24 Å². The fourth-order valence-corrected chi connectivity index (χ4v) is 4.84. The lowest BCUT2D eigenvalue weighted by Gasteiger charge is -2.32. The van der Waals surface area contributed by atoms with Gasteiger partial charge in [0.05, 0.1) is 0 Å². The van der Waals surface area contributed by atoms with Crippen molar-refractivity contribution in [3.05, 3.63) is 65.5 Å². The first kappa shape index (κ1) is 21.3. The van der Waals surface area contributed by atoms with Crippen LogP contribution in [0.25, 0.3) is 0 Å². The van der Waals surface area contributed by atoms with E-state index in [4.69, 9.17) is 0 Å². The molecular weight excluding hydrogens is 365 g/mol. The molecule has 2 aromatic rings. The summed E-state index contributed by atoms with van der Waals surface area (Å²) in [6.45, 7) is 7.96. The molecule has 1 saturated heterocycles. The van der Waals surface area contributed by atoms with Crippen molar-refractivity contribution >= 4 is 24.2 Å². The zero-order chi connectivity index (χ0) is 17.6. The maximum absolute atomic E-state index is 13.0. The molecule has 4 heteroatoms. The molecule has 3 rings (SSSR count). The molecule has 1 nitrogen and oxygen atoms in total. The van der Waals surface area contributed by atoms with Crippen molar-refractivity contribution in [1.29, 1.82) is 0 Å². The van der Waals surface area contributed by atoms with Crippen LogP contribution < -0.4 is 0 Å². The minimum absolute atomic E-state index is 0. The van der Waals surface area contributed by atoms with E-state index < -0.39 is 0 Å². The van der Waals surface area contributed by atoms with Crippen molar-refractivity contribution in [2.24, 2.45) is 0 Å². The van der Waals surface area contributed by atoms with Gasteiger partial charge in [-0.15, -0.1) is 24.2 Å². The first-order chi connectivity index (χ1) is 12.1. The molecule has 0 spiro atoms. The number of nitrogens with zero attached hydrogens (tertiary/aromatic N) is 1. The third-order valence-electron chi connectivity index (χ3n) is 5.00. The zero-order valence-corrected chi connectivity index (χ0v) is 17.3. The molecule has 0 aliphatic carbocycles. The van der Waals surface area contributed by atoms with E-state index in [1.54, 1.807) is 12.1 Å². The molecule has 26 heavy (non-hydrogen) atoms. The largest absolute Gasteiger partial charge is 0.303 e. The summed E-state index contributed by atoms with van der Waals surface area (Å²) in [5, 5.41) is 0.724. The Bertz CT molecular complexity index is 666. The Kier molecular flexibility index (Phi) is 8.46. The van der Waals surface area contributed by atoms with Crippen LogP contribution in [-0.2, 0) is 6.42 Å². The van der Waals surface area contributed by atoms with Gasteiger partial charge in [-0.05, 0) is 67.6 Å². The highest BCUT2D eigenvalue weighted by atomic mass is 35.5. The Hall–Kier alpha value is -1.03. The van der Waals surface area contributed by atoms with E-state index in [2.05, 4.69) is 54.8 Å². The number of halogens is 2. The number of thioether (sulfide) groups is 1. The highest BCUT2D eigenvalue weighted by Gasteiger charge is 2.21. The average Bonchev–Trinajstić information content (AvgIpc) is 2.63. The summed E-state index contributed by atoms with van der Waals surface area (Å²) in [5.74, 6) is 0.433. The van der Waals surface area contributed by atoms with Crippen molar-refractivity contribution < 1.29 is 4.39 Å². The lowest BCUT2D eigenvalue weighted by atomic mass is 10.0. The summed E-state index contributed by atoms with van der Waals surface area (Å²) < 4.78 is 13.0. The van der Waals surface area contributed by atoms with E-state index in [0.717, 1.165) is 18.2 Å². The Balaban J connectivity index is 0.00000243. The van der Waals surface area contributed by atoms with E-state index >= 15 is 0 Å². The lowest BCUT2D eigenvalue weighted by molar-refractivity contribution is 0.235. The molecule has 0 amide bonds. The second-order valence-corrected chi connectivity index (χ2v) is 8.57. The highest BCUT2D eigenvalue weighted by Crippen LogP contribution is 2.35. The average molecular weight is 394 g/mol. The number of hydrogen-bond acceptors (Lipinski definition) is 2. The number of benzene rings is 2. The highest BCUT2D eigenvalue weighted by molar-refractivity contribution is 8.00. The molecule has 1 fully saturated rings. The van der Waals surface area contributed by atoms with Gasteiger partial charge in [0, 0.05) is 16.7 Å². The van der Waals surface area contributed by atoms with Crippen LogP contribution in [0.3, 0.4) is 0 Å². The zero-order valence-electron chi connectivity index (χ0n) is 15.7. The molecule has 0 radical (unpaired) electrons. The van der Waals surface area contributed by atoms with Gasteiger partial charge in [-0.2, -0.15) is 0 Å². The van der Waals surface area contributed by atoms with Crippen molar-refractivity contribution in [1.82, 2.24) is 4.90 Å². The molecule has 142 valence electrons. The van der Waals surface area contributed by atoms with Crippen LogP contribution >= 0.6 is 24.2 Å². The number of rotatable bonds is 6. The first-order valence-corrected chi connectivity index (χ1v) is 10.2. The fraction of sp³-hybridized carbons (Fsp3) is 0.455. The Morgan fingerprint density at radius 2 is 1.69 bits per heavy atom. The summed E-state index contributed by atoms with van der Waals surface area (Å²) in [6.07, 6.45) is 3.51. The summed E-state index contributed by atoms with van der Waals surface area (Å²) in [4.78, 5) is 4.01. The van der Waals surface area contributed by atoms with Gasteiger partial charge in [-0.3, -0.25) is 0 Å². The van der Waals surface area contributed by atoms with Crippen molar-refractivity contribution in [2.45, 2.75) is 49.2 Å². The Morgan fingerprint density at radius 3 is 2.35 bits per heavy atom. The monoisotopic (exact) mass is 393 g/mol. The standard InChI is InChI=1S/C22H28FNS.ClH/c1-17(2)21-5-3-4-6-22(21)25-20-12-15-24(16-13-20)14-11-18-7-9-19(23)10-8-18;/h3-10,17,20H,11-16H2,1-2H3;1H. The van der Waals surface area contributed by atoms with Gasteiger partial charge in [0.1, 0.15) is 5.82 Å². The van der Waals surface area contributed by atoms with Crippen LogP contribution in [0.5, 0.6) is 0 Å². The maximum atomic E-state index is 13.0. The summed E-state index contributed by atoms with van der Waals surface area (Å²) >= 11 is 2.07. The van der Waals surface area contributed by atoms with Crippen molar-refractivity contribution in [3.63, 3.8) is 0 Å². The van der Waals surface area contributed by atoms with Crippen molar-refractivity contribution in [2.75, 3.05) is 19.6 Å². The molecule has 1 heterocycles. The second-order valence-electron chi connectivity index (χ2n) is 7.23. The molecular formula is C22H29ClFNS. The molecule has 0 atom stereocenters. The fourth-order valence-electron chi connectivity index (χ4n) is 3.43. The van der Waals surface area contributed by atoms with Crippen LogP contribution in [0.1, 0.15) is 43.7 Å². The molecule has 0 saturated carbocycles. The van der Waals surface area contributed by atoms with E-state index in [0.29, 0.717) is 5.92 Å². The Morgan fingerprint density at radius 1 is 1.04 bits per heavy atom. The van der Waals surface area contributed by atoms with Crippen LogP contribution in [0.2, 0.25) is 0 Å². The number of likely N-dealkylation sites (tertiary alicyclic amines) is 1. The number of piperidine rings is 1. The third-order valence-corrected chi connectivity index (χ3v) is 6.43. The minimum atomic E-state index is -0.150. The van der Waals surface area contributed by atoms with Gasteiger partial charge in [0.2, 0.25) is 0 Å². The van der Waals surface area contributed by atoms with Crippen molar-refractivity contribution in [3.8, 4) is 0 Å². The molecule has 1 aliphatic rings. The second kappa shape index (κ2) is 10.3. The predicted molar refractivity (Wildman–Crippen MR) is 113 cm³/mol. The molecule has 0 unspecified atom stereocenters. The first-order valence-electron chi connectivity index (χ1n) is 9.34. The molecule has 1 aliphatic heterocycles. The van der Waals surface area contributed by atoms with E-state index in [1.165, 1.54) is 42.0 Å². The van der Waals surface area contributed by atoms with Gasteiger partial charge in [-0.25, -0.2) is 4.39 Å². The lowest BCUT2D eigenvalue weighted by Crippen LogP contribution is -2.36. The van der Waals surface area contributed by atoms with Crippen LogP contribution in [0.4, 0.5) is 4.39 Å². The third kappa shape index (κ3) is 6.00. The van der Waals surface area contributed by atoms with Crippen LogP contribution in [0.15, 0.2) is 53.4 Å². The van der Waals surface area contributed by atoms with Crippen LogP contribution in [-0.4, -0.2) is 29.8 Å². The molecule has 0 aromatic heterocycles. The SMILES string of the molecule is CC(C)c1ccccc1SC1CCN(CCc2ccc(F)cc2)CC1.Cl. The van der Waals surface area contributed by atoms with Gasteiger partial charge < -0.3 is 4.90 Å². The van der Waals surface area contributed by atoms with Gasteiger partial charge in [-0.1, -0.05) is 44.2 Å².